The van der Waals surface area contributed by atoms with Gasteiger partial charge in [0.15, 0.2) is 0 Å². The maximum absolute atomic E-state index is 13.2. The van der Waals surface area contributed by atoms with Crippen LogP contribution >= 0.6 is 0 Å². The fourth-order valence-electron chi connectivity index (χ4n) is 9.51. The van der Waals surface area contributed by atoms with Crippen molar-refractivity contribution in [1.29, 1.82) is 0 Å². The molecule has 1 spiro atoms. The zero-order chi connectivity index (χ0) is 32.8. The summed E-state index contributed by atoms with van der Waals surface area (Å²) in [5.74, 6) is 8.01. The number of amidine groups is 1. The number of nitrogens with two attached hydrogens (primary N) is 1. The van der Waals surface area contributed by atoms with Gasteiger partial charge in [-0.3, -0.25) is 0 Å². The molecule has 0 bridgehead atoms. The maximum Gasteiger partial charge on any atom is 0.416 e. The predicted octanol–water partition coefficient (Wildman–Crippen LogP) is 6.39. The number of aromatic nitrogens is 1. The first-order valence-electron chi connectivity index (χ1n) is 15.8. The van der Waals surface area contributed by atoms with Crippen LogP contribution < -0.4 is 16.4 Å². The van der Waals surface area contributed by atoms with Gasteiger partial charge < -0.3 is 26.4 Å². The normalized spacial score (nSPS) is 32.4. The second-order valence-corrected chi connectivity index (χ2v) is 14.0. The molecule has 5 N–H and O–H groups in total. The van der Waals surface area contributed by atoms with E-state index in [0.717, 1.165) is 54.5 Å². The van der Waals surface area contributed by atoms with Crippen LogP contribution in [0.25, 0.3) is 11.4 Å². The van der Waals surface area contributed by atoms with Crippen molar-refractivity contribution >= 4 is 23.0 Å². The van der Waals surface area contributed by atoms with Crippen molar-refractivity contribution in [2.45, 2.75) is 64.9 Å². The molecule has 7 atom stereocenters. The summed E-state index contributed by atoms with van der Waals surface area (Å²) in [5.41, 5.74) is 9.43. The van der Waals surface area contributed by atoms with E-state index in [1.54, 1.807) is 13.1 Å². The number of hydrogen-bond acceptors (Lipinski definition) is 7. The Bertz CT molecular complexity index is 1770. The van der Waals surface area contributed by atoms with Gasteiger partial charge in [0.05, 0.1) is 11.3 Å². The van der Waals surface area contributed by atoms with Gasteiger partial charge in [-0.1, -0.05) is 50.6 Å². The quantitative estimate of drug-likeness (QED) is 0.277. The van der Waals surface area contributed by atoms with Crippen molar-refractivity contribution in [3.63, 3.8) is 0 Å². The highest BCUT2D eigenvalue weighted by Gasteiger charge is 2.94. The molecule has 3 saturated carbocycles. The maximum atomic E-state index is 13.2. The molecule has 1 aromatic carbocycles. The molecule has 2 aliphatic heterocycles. The van der Waals surface area contributed by atoms with Crippen molar-refractivity contribution in [2.75, 3.05) is 5.32 Å². The van der Waals surface area contributed by atoms with Crippen molar-refractivity contribution in [1.82, 2.24) is 15.2 Å². The summed E-state index contributed by atoms with van der Waals surface area (Å²) in [5, 5.41) is 17.7. The Kier molecular flexibility index (Phi) is 6.70. The number of aliphatic imine (C=N–C) groups is 1. The van der Waals surface area contributed by atoms with E-state index >= 15 is 0 Å². The van der Waals surface area contributed by atoms with E-state index in [1.807, 2.05) is 30.5 Å². The Morgan fingerprint density at radius 2 is 1.93 bits per heavy atom. The van der Waals surface area contributed by atoms with Crippen molar-refractivity contribution < 1.29 is 18.3 Å². The number of aliphatic hydroxyl groups is 1. The minimum Gasteiger partial charge on any atom is -0.382 e. The van der Waals surface area contributed by atoms with Crippen LogP contribution in [0.2, 0.25) is 0 Å². The van der Waals surface area contributed by atoms with Gasteiger partial charge in [-0.25, -0.2) is 9.98 Å². The molecule has 0 radical (unpaired) electrons. The number of nitrogens with zero attached hydrogens (tertiary/aromatic N) is 3. The highest BCUT2D eigenvalue weighted by atomic mass is 19.4. The average Bonchev–Trinajstić information content (AvgIpc) is 3.80. The van der Waals surface area contributed by atoms with Gasteiger partial charge >= 0.3 is 6.18 Å². The number of hydrogen-bond donors (Lipinski definition) is 4. The SMILES string of the molecule is C=C(Nc1cc(C(F)(F)F)ccn1)c1ccc(C2=C3C(N)=NC=CN3[C@](C)([C@H]3CCC([C@H](O)C#CC)CC4C5C(C)(C)C453)N2)cc1. The Hall–Kier alpha value is -4.23. The fraction of sp³-hybridized carbons (Fsp3) is 0.444. The van der Waals surface area contributed by atoms with Gasteiger partial charge in [0, 0.05) is 30.2 Å². The van der Waals surface area contributed by atoms with Crippen LogP contribution in [0, 0.1) is 46.3 Å². The smallest absolute Gasteiger partial charge is 0.382 e. The highest BCUT2D eigenvalue weighted by molar-refractivity contribution is 6.05. The third-order valence-electron chi connectivity index (χ3n) is 11.5. The number of anilines is 1. The second-order valence-electron chi connectivity index (χ2n) is 14.0. The van der Waals surface area contributed by atoms with Crippen LogP contribution in [-0.4, -0.2) is 32.6 Å². The first-order chi connectivity index (χ1) is 21.7. The Labute approximate surface area is 267 Å². The van der Waals surface area contributed by atoms with Gasteiger partial charge in [-0.2, -0.15) is 13.2 Å². The van der Waals surface area contributed by atoms with E-state index in [2.05, 4.69) is 64.7 Å². The van der Waals surface area contributed by atoms with Crippen LogP contribution in [-0.2, 0) is 6.18 Å². The van der Waals surface area contributed by atoms with Crippen LogP contribution in [0.15, 0.2) is 72.3 Å². The van der Waals surface area contributed by atoms with E-state index < -0.39 is 23.5 Å². The van der Waals surface area contributed by atoms with Gasteiger partial charge in [-0.05, 0) is 85.0 Å². The van der Waals surface area contributed by atoms with Crippen LogP contribution in [0.4, 0.5) is 19.0 Å². The zero-order valence-corrected chi connectivity index (χ0v) is 26.4. The number of benzene rings is 1. The molecule has 2 aromatic rings. The van der Waals surface area contributed by atoms with Gasteiger partial charge in [0.1, 0.15) is 29.1 Å². The third kappa shape index (κ3) is 4.31. The number of pyridine rings is 1. The number of aliphatic hydroxyl groups excluding tert-OH is 1. The largest absolute Gasteiger partial charge is 0.416 e. The average molecular weight is 629 g/mol. The molecule has 4 unspecified atom stereocenters. The van der Waals surface area contributed by atoms with Crippen molar-refractivity contribution in [3.8, 4) is 11.8 Å². The molecule has 10 heteroatoms. The van der Waals surface area contributed by atoms with Crippen molar-refractivity contribution in [3.05, 3.63) is 84.0 Å². The molecule has 5 aliphatic rings. The molecule has 3 fully saturated rings. The van der Waals surface area contributed by atoms with Gasteiger partial charge in [0.2, 0.25) is 0 Å². The number of fused-ring (bicyclic) bond motifs is 2. The molecular weight excluding hydrogens is 589 g/mol. The summed E-state index contributed by atoms with van der Waals surface area (Å²) in [7, 11) is 0. The highest BCUT2D eigenvalue weighted by Crippen LogP contribution is 2.96. The van der Waals surface area contributed by atoms with E-state index in [4.69, 9.17) is 5.73 Å². The summed E-state index contributed by atoms with van der Waals surface area (Å²) < 4.78 is 39.6. The van der Waals surface area contributed by atoms with Crippen LogP contribution in [0.5, 0.6) is 0 Å². The number of rotatable bonds is 6. The predicted molar refractivity (Wildman–Crippen MR) is 173 cm³/mol. The van der Waals surface area contributed by atoms with Gasteiger partial charge in [-0.15, -0.1) is 5.92 Å². The van der Waals surface area contributed by atoms with Crippen molar-refractivity contribution in [2.24, 2.45) is 45.2 Å². The number of alkyl halides is 3. The van der Waals surface area contributed by atoms with E-state index in [1.165, 1.54) is 0 Å². The molecule has 0 amide bonds. The lowest BCUT2D eigenvalue weighted by molar-refractivity contribution is -0.137. The van der Waals surface area contributed by atoms with Crippen LogP contribution in [0.3, 0.4) is 0 Å². The van der Waals surface area contributed by atoms with E-state index in [-0.39, 0.29) is 28.5 Å². The minimum absolute atomic E-state index is 0.0645. The molecule has 7 nitrogen and oxygen atoms in total. The molecule has 3 heterocycles. The zero-order valence-electron chi connectivity index (χ0n) is 26.4. The minimum atomic E-state index is -4.47. The fourth-order valence-corrected chi connectivity index (χ4v) is 9.51. The summed E-state index contributed by atoms with van der Waals surface area (Å²) in [6, 6.07) is 9.56. The third-order valence-corrected chi connectivity index (χ3v) is 11.5. The molecule has 1 aromatic heterocycles. The first-order valence-corrected chi connectivity index (χ1v) is 15.8. The van der Waals surface area contributed by atoms with E-state index in [9.17, 15) is 18.3 Å². The Balaban J connectivity index is 1.17. The summed E-state index contributed by atoms with van der Waals surface area (Å²) in [6.45, 7) is 12.8. The monoisotopic (exact) mass is 628 g/mol. The topological polar surface area (TPSA) is 98.8 Å². The molecular formula is C36H39F3N6O. The molecule has 7 rings (SSSR count). The van der Waals surface area contributed by atoms with Gasteiger partial charge in [0.25, 0.3) is 0 Å². The Morgan fingerprint density at radius 3 is 2.61 bits per heavy atom. The molecule has 46 heavy (non-hydrogen) atoms. The Morgan fingerprint density at radius 1 is 1.20 bits per heavy atom. The standard InChI is InChI=1S/C36H39F3N6O/c1-6-7-26(46)23-12-13-27(35-25(18-23)31(35)33(35,3)4)34(5)44-29(30-32(40)42-16-17-45(30)34)22-10-8-21(9-11-22)20(2)43-28-19-24(14-15-41-28)36(37,38)39/h8-11,14-17,19,23,25-27,31,44,46H,2,12-13,18H2,1,3-5H3,(H2,40,42)(H,41,43)/t23?,25?,26-,27-,31?,34-,35?/m1/s1. The summed E-state index contributed by atoms with van der Waals surface area (Å²) in [4.78, 5) is 10.7. The lowest BCUT2D eigenvalue weighted by atomic mass is 9.71. The molecule has 3 aliphatic carbocycles. The lowest BCUT2D eigenvalue weighted by Crippen LogP contribution is -2.57. The first kappa shape index (κ1) is 30.4. The number of nitrogens with one attached hydrogen (secondary N) is 2. The lowest BCUT2D eigenvalue weighted by Gasteiger charge is -2.46. The summed E-state index contributed by atoms with van der Waals surface area (Å²) >= 11 is 0. The molecule has 240 valence electrons. The second kappa shape index (κ2) is 10.1. The number of halogens is 3. The van der Waals surface area contributed by atoms with Crippen LogP contribution in [0.1, 0.15) is 63.6 Å². The summed E-state index contributed by atoms with van der Waals surface area (Å²) in [6.07, 6.45) is 2.65. The van der Waals surface area contributed by atoms with E-state index in [0.29, 0.717) is 28.9 Å². The molecule has 0 saturated heterocycles.